The van der Waals surface area contributed by atoms with E-state index in [-0.39, 0.29) is 24.0 Å². The number of aliphatic imine (C=N–C) groups is 1. The molecule has 0 aliphatic carbocycles. The van der Waals surface area contributed by atoms with E-state index in [2.05, 4.69) is 34.4 Å². The van der Waals surface area contributed by atoms with Gasteiger partial charge in [0.2, 0.25) is 0 Å². The largest absolute Gasteiger partial charge is 0.356 e. The van der Waals surface area contributed by atoms with Crippen molar-refractivity contribution in [2.24, 2.45) is 4.99 Å². The summed E-state index contributed by atoms with van der Waals surface area (Å²) in [5.74, 6) is 0.814. The molecule has 0 aliphatic rings. The first-order valence-corrected chi connectivity index (χ1v) is 7.99. The van der Waals surface area contributed by atoms with Gasteiger partial charge in [-0.05, 0) is 37.7 Å². The van der Waals surface area contributed by atoms with Crippen LogP contribution in [0.25, 0.3) is 0 Å². The van der Waals surface area contributed by atoms with Gasteiger partial charge in [0.25, 0.3) is 0 Å². The lowest BCUT2D eigenvalue weighted by Crippen LogP contribution is -2.38. The second-order valence-electron chi connectivity index (χ2n) is 4.82. The Morgan fingerprint density at radius 3 is 2.45 bits per heavy atom. The lowest BCUT2D eigenvalue weighted by Gasteiger charge is -2.18. The number of benzene rings is 1. The zero-order valence-electron chi connectivity index (χ0n) is 13.7. The first-order chi connectivity index (χ1) is 10.2. The first-order valence-electron chi connectivity index (χ1n) is 7.61. The van der Waals surface area contributed by atoms with Crippen molar-refractivity contribution in [3.63, 3.8) is 0 Å². The molecular weight excluding hydrogens is 411 g/mol. The Balaban J connectivity index is 0.00000441. The number of hydrogen-bond acceptors (Lipinski definition) is 2. The van der Waals surface area contributed by atoms with Crippen LogP contribution in [0.15, 0.2) is 29.3 Å². The first kappa shape index (κ1) is 21.5. The third-order valence-corrected chi connectivity index (χ3v) is 3.83. The number of rotatable bonds is 8. The van der Waals surface area contributed by atoms with Gasteiger partial charge < -0.3 is 15.5 Å². The average Bonchev–Trinajstić information content (AvgIpc) is 2.52. The minimum Gasteiger partial charge on any atom is -0.356 e. The molecule has 2 N–H and O–H groups in total. The molecule has 0 spiro atoms. The van der Waals surface area contributed by atoms with E-state index in [0.717, 1.165) is 49.1 Å². The Kier molecular flexibility index (Phi) is 12.6. The van der Waals surface area contributed by atoms with Crippen molar-refractivity contribution >= 4 is 41.5 Å². The molecule has 4 nitrogen and oxygen atoms in total. The second-order valence-corrected chi connectivity index (χ2v) is 5.23. The van der Waals surface area contributed by atoms with Crippen LogP contribution in [0, 0.1) is 0 Å². The zero-order valence-corrected chi connectivity index (χ0v) is 16.8. The number of hydrogen-bond donors (Lipinski definition) is 2. The topological polar surface area (TPSA) is 39.7 Å². The van der Waals surface area contributed by atoms with E-state index in [0.29, 0.717) is 6.54 Å². The van der Waals surface area contributed by atoms with Crippen LogP contribution < -0.4 is 10.6 Å². The molecule has 0 amide bonds. The van der Waals surface area contributed by atoms with Crippen molar-refractivity contribution in [2.45, 2.75) is 26.8 Å². The van der Waals surface area contributed by atoms with Crippen molar-refractivity contribution in [3.8, 4) is 0 Å². The molecule has 0 aromatic heterocycles. The summed E-state index contributed by atoms with van der Waals surface area (Å²) in [5, 5.41) is 7.39. The van der Waals surface area contributed by atoms with Gasteiger partial charge >= 0.3 is 0 Å². The normalized spacial score (nSPS) is 11.2. The molecule has 0 saturated heterocycles. The Morgan fingerprint density at radius 2 is 1.86 bits per heavy atom. The third-order valence-electron chi connectivity index (χ3n) is 3.47. The van der Waals surface area contributed by atoms with Crippen molar-refractivity contribution in [1.29, 1.82) is 0 Å². The molecule has 1 aromatic rings. The summed E-state index contributed by atoms with van der Waals surface area (Å²) in [7, 11) is 1.78. The lowest BCUT2D eigenvalue weighted by molar-refractivity contribution is 0.300. The summed E-state index contributed by atoms with van der Waals surface area (Å²) in [6.07, 6.45) is 1.11. The van der Waals surface area contributed by atoms with Gasteiger partial charge in [0.1, 0.15) is 0 Å². The minimum absolute atomic E-state index is 0. The SMILES string of the molecule is CCN(CC)CCCNC(=NC)NCc1ccccc1Cl.I. The molecule has 0 radical (unpaired) electrons. The van der Waals surface area contributed by atoms with Gasteiger partial charge in [0, 0.05) is 25.2 Å². The van der Waals surface area contributed by atoms with Crippen LogP contribution >= 0.6 is 35.6 Å². The molecule has 0 aliphatic heterocycles. The van der Waals surface area contributed by atoms with Gasteiger partial charge in [0.15, 0.2) is 5.96 Å². The predicted molar refractivity (Wildman–Crippen MR) is 107 cm³/mol. The Morgan fingerprint density at radius 1 is 1.18 bits per heavy atom. The van der Waals surface area contributed by atoms with E-state index < -0.39 is 0 Å². The van der Waals surface area contributed by atoms with Gasteiger partial charge in [-0.2, -0.15) is 0 Å². The monoisotopic (exact) mass is 438 g/mol. The standard InChI is InChI=1S/C16H27ClN4.HI/c1-4-21(5-2)12-8-11-19-16(18-3)20-13-14-9-6-7-10-15(14)17;/h6-7,9-10H,4-5,8,11-13H2,1-3H3,(H2,18,19,20);1H. The maximum Gasteiger partial charge on any atom is 0.191 e. The third kappa shape index (κ3) is 8.19. The maximum atomic E-state index is 6.14. The van der Waals surface area contributed by atoms with Crippen molar-refractivity contribution in [2.75, 3.05) is 33.2 Å². The highest BCUT2D eigenvalue weighted by atomic mass is 127. The molecule has 1 rings (SSSR count). The lowest BCUT2D eigenvalue weighted by atomic mass is 10.2. The molecule has 1 aromatic carbocycles. The summed E-state index contributed by atoms with van der Waals surface area (Å²) in [4.78, 5) is 6.65. The number of nitrogens with zero attached hydrogens (tertiary/aromatic N) is 2. The molecule has 0 atom stereocenters. The summed E-state index contributed by atoms with van der Waals surface area (Å²) in [6, 6.07) is 7.84. The summed E-state index contributed by atoms with van der Waals surface area (Å²) < 4.78 is 0. The van der Waals surface area contributed by atoms with E-state index in [9.17, 15) is 0 Å². The Bertz CT molecular complexity index is 436. The quantitative estimate of drug-likeness (QED) is 0.283. The summed E-state index contributed by atoms with van der Waals surface area (Å²) >= 11 is 6.14. The molecule has 126 valence electrons. The van der Waals surface area contributed by atoms with E-state index in [1.807, 2.05) is 24.3 Å². The Hall–Kier alpha value is -0.530. The fourth-order valence-electron chi connectivity index (χ4n) is 2.09. The van der Waals surface area contributed by atoms with Gasteiger partial charge in [-0.15, -0.1) is 24.0 Å². The highest BCUT2D eigenvalue weighted by molar-refractivity contribution is 14.0. The van der Waals surface area contributed by atoms with Crippen LogP contribution in [0.2, 0.25) is 5.02 Å². The van der Waals surface area contributed by atoms with Gasteiger partial charge in [0.05, 0.1) is 0 Å². The van der Waals surface area contributed by atoms with Gasteiger partial charge in [-0.3, -0.25) is 4.99 Å². The molecule has 0 saturated carbocycles. The average molecular weight is 439 g/mol. The highest BCUT2D eigenvalue weighted by Gasteiger charge is 2.02. The fraction of sp³-hybridized carbons (Fsp3) is 0.562. The highest BCUT2D eigenvalue weighted by Crippen LogP contribution is 2.14. The number of guanidine groups is 1. The van der Waals surface area contributed by atoms with E-state index >= 15 is 0 Å². The second kappa shape index (κ2) is 13.0. The zero-order chi connectivity index (χ0) is 15.5. The maximum absolute atomic E-state index is 6.14. The van der Waals surface area contributed by atoms with Crippen LogP contribution in [-0.4, -0.2) is 44.1 Å². The Labute approximate surface area is 156 Å². The molecule has 0 fully saturated rings. The van der Waals surface area contributed by atoms with Gasteiger partial charge in [-0.1, -0.05) is 43.6 Å². The van der Waals surface area contributed by atoms with E-state index in [4.69, 9.17) is 11.6 Å². The predicted octanol–water partition coefficient (Wildman–Crippen LogP) is 3.35. The van der Waals surface area contributed by atoms with E-state index in [1.54, 1.807) is 7.05 Å². The van der Waals surface area contributed by atoms with Crippen LogP contribution in [0.4, 0.5) is 0 Å². The summed E-state index contributed by atoms with van der Waals surface area (Å²) in [6.45, 7) is 9.31. The van der Waals surface area contributed by atoms with Crippen molar-refractivity contribution in [3.05, 3.63) is 34.9 Å². The minimum atomic E-state index is 0. The molecule has 0 bridgehead atoms. The number of halogens is 2. The number of nitrogens with one attached hydrogen (secondary N) is 2. The van der Waals surface area contributed by atoms with Crippen LogP contribution in [-0.2, 0) is 6.54 Å². The van der Waals surface area contributed by atoms with Crippen molar-refractivity contribution < 1.29 is 0 Å². The van der Waals surface area contributed by atoms with Crippen molar-refractivity contribution in [1.82, 2.24) is 15.5 Å². The van der Waals surface area contributed by atoms with E-state index in [1.165, 1.54) is 0 Å². The molecule has 6 heteroatoms. The van der Waals surface area contributed by atoms with Crippen LogP contribution in [0.3, 0.4) is 0 Å². The summed E-state index contributed by atoms with van der Waals surface area (Å²) in [5.41, 5.74) is 1.07. The van der Waals surface area contributed by atoms with Crippen LogP contribution in [0.1, 0.15) is 25.8 Å². The molecule has 0 heterocycles. The molecule has 22 heavy (non-hydrogen) atoms. The smallest absolute Gasteiger partial charge is 0.191 e. The van der Waals surface area contributed by atoms with Crippen LogP contribution in [0.5, 0.6) is 0 Å². The molecular formula is C16H28ClIN4. The van der Waals surface area contributed by atoms with Gasteiger partial charge in [-0.25, -0.2) is 0 Å². The molecule has 0 unspecified atom stereocenters. The fourth-order valence-corrected chi connectivity index (χ4v) is 2.29.